The Bertz CT molecular complexity index is 994. The Labute approximate surface area is 142 Å². The maximum absolute atomic E-state index is 12.7. The van der Waals surface area contributed by atoms with Crippen LogP contribution in [0.15, 0.2) is 40.1 Å². The standard InChI is InChI=1S/C16H17N5O4/c1-24-8-7-17-15-18-9-12-13(19-15)20-16(23)21(14(12)22)10-3-5-11(25-2)6-4-10/h3-6,9H,7-8H2,1-2H3,(H2,17,18,19,20,23). The lowest BCUT2D eigenvalue weighted by molar-refractivity contribution is 0.210. The van der Waals surface area contributed by atoms with Crippen molar-refractivity contribution in [3.8, 4) is 11.4 Å². The number of rotatable bonds is 6. The average molecular weight is 343 g/mol. The minimum absolute atomic E-state index is 0.176. The van der Waals surface area contributed by atoms with Crippen LogP contribution in [-0.4, -0.2) is 46.9 Å². The zero-order valence-electron chi connectivity index (χ0n) is 13.8. The molecule has 0 radical (unpaired) electrons. The fourth-order valence-electron chi connectivity index (χ4n) is 2.32. The number of anilines is 1. The average Bonchev–Trinajstić information content (AvgIpc) is 2.62. The monoisotopic (exact) mass is 343 g/mol. The van der Waals surface area contributed by atoms with Gasteiger partial charge in [0.25, 0.3) is 5.56 Å². The highest BCUT2D eigenvalue weighted by molar-refractivity contribution is 5.73. The van der Waals surface area contributed by atoms with Gasteiger partial charge in [0.05, 0.1) is 19.4 Å². The second-order valence-electron chi connectivity index (χ2n) is 5.14. The Morgan fingerprint density at radius 2 is 1.96 bits per heavy atom. The van der Waals surface area contributed by atoms with Crippen molar-refractivity contribution in [3.05, 3.63) is 51.3 Å². The summed E-state index contributed by atoms with van der Waals surface area (Å²) in [5.74, 6) is 0.936. The number of aromatic amines is 1. The first-order valence-corrected chi connectivity index (χ1v) is 7.53. The molecule has 3 rings (SSSR count). The van der Waals surface area contributed by atoms with Crippen molar-refractivity contribution < 1.29 is 9.47 Å². The maximum atomic E-state index is 12.7. The van der Waals surface area contributed by atoms with Crippen LogP contribution in [0.4, 0.5) is 5.95 Å². The molecule has 1 aromatic carbocycles. The minimum atomic E-state index is -0.579. The molecule has 0 bridgehead atoms. The number of fused-ring (bicyclic) bond motifs is 1. The number of nitrogens with one attached hydrogen (secondary N) is 2. The topological polar surface area (TPSA) is 111 Å². The summed E-state index contributed by atoms with van der Waals surface area (Å²) in [5.41, 5.74) is -0.470. The van der Waals surface area contributed by atoms with E-state index in [-0.39, 0.29) is 11.0 Å². The first kappa shape index (κ1) is 16.7. The van der Waals surface area contributed by atoms with Crippen molar-refractivity contribution in [1.82, 2.24) is 19.5 Å². The van der Waals surface area contributed by atoms with Crippen LogP contribution in [0.1, 0.15) is 0 Å². The van der Waals surface area contributed by atoms with Gasteiger partial charge in [-0.3, -0.25) is 9.78 Å². The van der Waals surface area contributed by atoms with E-state index in [0.717, 1.165) is 4.57 Å². The van der Waals surface area contributed by atoms with Gasteiger partial charge in [0.15, 0.2) is 5.65 Å². The molecule has 130 valence electrons. The zero-order valence-corrected chi connectivity index (χ0v) is 13.8. The van der Waals surface area contributed by atoms with E-state index in [2.05, 4.69) is 20.3 Å². The van der Waals surface area contributed by atoms with E-state index in [1.807, 2.05) is 0 Å². The molecule has 25 heavy (non-hydrogen) atoms. The third kappa shape index (κ3) is 3.36. The van der Waals surface area contributed by atoms with E-state index in [9.17, 15) is 9.59 Å². The molecule has 0 spiro atoms. The van der Waals surface area contributed by atoms with Gasteiger partial charge in [-0.05, 0) is 24.3 Å². The number of methoxy groups -OCH3 is 2. The second kappa shape index (κ2) is 7.14. The van der Waals surface area contributed by atoms with E-state index < -0.39 is 11.2 Å². The molecular weight excluding hydrogens is 326 g/mol. The van der Waals surface area contributed by atoms with Gasteiger partial charge in [-0.15, -0.1) is 0 Å². The summed E-state index contributed by atoms with van der Waals surface area (Å²) in [4.78, 5) is 35.9. The maximum Gasteiger partial charge on any atom is 0.334 e. The van der Waals surface area contributed by atoms with E-state index in [1.54, 1.807) is 38.5 Å². The fourth-order valence-corrected chi connectivity index (χ4v) is 2.32. The van der Waals surface area contributed by atoms with Crippen molar-refractivity contribution in [2.24, 2.45) is 0 Å². The predicted octanol–water partition coefficient (Wildman–Crippen LogP) is 0.536. The van der Waals surface area contributed by atoms with Crippen LogP contribution in [0.25, 0.3) is 16.7 Å². The largest absolute Gasteiger partial charge is 0.497 e. The highest BCUT2D eigenvalue weighted by Crippen LogP contribution is 2.13. The minimum Gasteiger partial charge on any atom is -0.497 e. The van der Waals surface area contributed by atoms with Gasteiger partial charge in [-0.1, -0.05) is 0 Å². The van der Waals surface area contributed by atoms with Crippen LogP contribution in [0, 0.1) is 0 Å². The summed E-state index contributed by atoms with van der Waals surface area (Å²) in [6.45, 7) is 0.992. The van der Waals surface area contributed by atoms with Gasteiger partial charge in [-0.25, -0.2) is 14.3 Å². The molecule has 0 unspecified atom stereocenters. The van der Waals surface area contributed by atoms with E-state index in [1.165, 1.54) is 6.20 Å². The van der Waals surface area contributed by atoms with Gasteiger partial charge < -0.3 is 14.8 Å². The predicted molar refractivity (Wildman–Crippen MR) is 92.7 cm³/mol. The molecule has 9 nitrogen and oxygen atoms in total. The van der Waals surface area contributed by atoms with E-state index in [4.69, 9.17) is 9.47 Å². The molecule has 9 heteroatoms. The quantitative estimate of drug-likeness (QED) is 0.628. The number of ether oxygens (including phenoxy) is 2. The second-order valence-corrected chi connectivity index (χ2v) is 5.14. The van der Waals surface area contributed by atoms with Crippen molar-refractivity contribution in [3.63, 3.8) is 0 Å². The van der Waals surface area contributed by atoms with Gasteiger partial charge in [0, 0.05) is 19.9 Å². The van der Waals surface area contributed by atoms with Gasteiger partial charge >= 0.3 is 5.69 Å². The summed E-state index contributed by atoms with van der Waals surface area (Å²) >= 11 is 0. The van der Waals surface area contributed by atoms with E-state index >= 15 is 0 Å². The normalized spacial score (nSPS) is 10.8. The molecule has 0 saturated carbocycles. The third-order valence-corrected chi connectivity index (χ3v) is 3.57. The fraction of sp³-hybridized carbons (Fsp3) is 0.250. The van der Waals surface area contributed by atoms with Crippen LogP contribution in [0.5, 0.6) is 5.75 Å². The van der Waals surface area contributed by atoms with Gasteiger partial charge in [0.2, 0.25) is 5.95 Å². The number of aromatic nitrogens is 4. The molecule has 0 atom stereocenters. The first-order valence-electron chi connectivity index (χ1n) is 7.53. The highest BCUT2D eigenvalue weighted by Gasteiger charge is 2.11. The molecule has 0 aliphatic heterocycles. The lowest BCUT2D eigenvalue weighted by atomic mass is 10.3. The number of nitrogens with zero attached hydrogens (tertiary/aromatic N) is 3. The number of benzene rings is 1. The van der Waals surface area contributed by atoms with Crippen LogP contribution in [0.3, 0.4) is 0 Å². The Hall–Kier alpha value is -3.20. The molecule has 2 aromatic heterocycles. The van der Waals surface area contributed by atoms with Crippen LogP contribution >= 0.6 is 0 Å². The zero-order chi connectivity index (χ0) is 17.8. The van der Waals surface area contributed by atoms with Crippen LogP contribution in [0.2, 0.25) is 0 Å². The number of H-pyrrole nitrogens is 1. The first-order chi connectivity index (χ1) is 12.1. The molecular formula is C16H17N5O4. The Balaban J connectivity index is 2.05. The summed E-state index contributed by atoms with van der Waals surface area (Å²) in [6.07, 6.45) is 1.38. The molecule has 0 fully saturated rings. The summed E-state index contributed by atoms with van der Waals surface area (Å²) in [7, 11) is 3.13. The van der Waals surface area contributed by atoms with Crippen molar-refractivity contribution in [1.29, 1.82) is 0 Å². The third-order valence-electron chi connectivity index (χ3n) is 3.57. The summed E-state index contributed by atoms with van der Waals surface area (Å²) < 4.78 is 11.0. The van der Waals surface area contributed by atoms with Crippen LogP contribution < -0.4 is 21.3 Å². The van der Waals surface area contributed by atoms with Crippen molar-refractivity contribution in [2.45, 2.75) is 0 Å². The number of hydrogen-bond donors (Lipinski definition) is 2. The molecule has 0 amide bonds. The van der Waals surface area contributed by atoms with Gasteiger partial charge in [-0.2, -0.15) is 4.98 Å². The molecule has 2 heterocycles. The SMILES string of the molecule is COCCNc1ncc2c(=O)n(-c3ccc(OC)cc3)c(=O)[nH]c2n1. The number of hydrogen-bond acceptors (Lipinski definition) is 7. The Morgan fingerprint density at radius 1 is 1.20 bits per heavy atom. The van der Waals surface area contributed by atoms with E-state index in [0.29, 0.717) is 30.5 Å². The smallest absolute Gasteiger partial charge is 0.334 e. The van der Waals surface area contributed by atoms with Crippen LogP contribution in [-0.2, 0) is 4.74 Å². The molecule has 0 aliphatic carbocycles. The highest BCUT2D eigenvalue weighted by atomic mass is 16.5. The van der Waals surface area contributed by atoms with Crippen molar-refractivity contribution >= 4 is 17.0 Å². The summed E-state index contributed by atoms with van der Waals surface area (Å²) in [5, 5.41) is 3.16. The van der Waals surface area contributed by atoms with Gasteiger partial charge in [0.1, 0.15) is 11.1 Å². The molecule has 2 N–H and O–H groups in total. The Morgan fingerprint density at radius 3 is 2.64 bits per heavy atom. The lowest BCUT2D eigenvalue weighted by Crippen LogP contribution is -2.34. The van der Waals surface area contributed by atoms with Crippen molar-refractivity contribution in [2.75, 3.05) is 32.7 Å². The summed E-state index contributed by atoms with van der Waals surface area (Å²) in [6, 6.07) is 6.60. The lowest BCUT2D eigenvalue weighted by Gasteiger charge is -2.08. The molecule has 3 aromatic rings. The Kier molecular flexibility index (Phi) is 4.75. The molecule has 0 saturated heterocycles. The molecule has 0 aliphatic rings.